The highest BCUT2D eigenvalue weighted by molar-refractivity contribution is 6.31. The Hall–Kier alpha value is -3.25. The molecule has 1 amide bonds. The van der Waals surface area contributed by atoms with Crippen LogP contribution in [0.2, 0.25) is 5.02 Å². The molecule has 0 unspecified atom stereocenters. The molecule has 1 aliphatic rings. The van der Waals surface area contributed by atoms with Crippen LogP contribution < -0.4 is 0 Å². The first-order valence-corrected chi connectivity index (χ1v) is 10.1. The maximum Gasteiger partial charge on any atom is 0.326 e. The number of rotatable bonds is 4. The van der Waals surface area contributed by atoms with Crippen molar-refractivity contribution in [2.45, 2.75) is 24.9 Å². The molecule has 4 nitrogen and oxygen atoms in total. The quantitative estimate of drug-likeness (QED) is 0.563. The first kappa shape index (κ1) is 21.0. The van der Waals surface area contributed by atoms with Crippen LogP contribution in [-0.2, 0) is 4.79 Å². The molecule has 0 saturated carbocycles. The fourth-order valence-electron chi connectivity index (χ4n) is 4.06. The van der Waals surface area contributed by atoms with Gasteiger partial charge >= 0.3 is 5.97 Å². The molecule has 1 heterocycles. The third-order valence-electron chi connectivity index (χ3n) is 5.50. The fourth-order valence-corrected chi connectivity index (χ4v) is 4.32. The smallest absolute Gasteiger partial charge is 0.326 e. The second-order valence-corrected chi connectivity index (χ2v) is 7.82. The van der Waals surface area contributed by atoms with Crippen LogP contribution in [-0.4, -0.2) is 27.9 Å². The van der Waals surface area contributed by atoms with Gasteiger partial charge in [0.2, 0.25) is 0 Å². The molecule has 7 heteroatoms. The molecular formula is C24H18ClF2NO3. The number of halogens is 3. The van der Waals surface area contributed by atoms with Crippen molar-refractivity contribution in [1.82, 2.24) is 4.90 Å². The van der Waals surface area contributed by atoms with Crippen molar-refractivity contribution in [1.29, 1.82) is 0 Å². The number of carbonyl (C=O) groups is 2. The number of amides is 1. The van der Waals surface area contributed by atoms with E-state index in [2.05, 4.69) is 0 Å². The van der Waals surface area contributed by atoms with Crippen LogP contribution in [0, 0.1) is 11.6 Å². The van der Waals surface area contributed by atoms with Crippen molar-refractivity contribution < 1.29 is 23.5 Å². The highest BCUT2D eigenvalue weighted by Crippen LogP contribution is 2.40. The predicted molar refractivity (Wildman–Crippen MR) is 113 cm³/mol. The number of likely N-dealkylation sites (tertiary alicyclic amines) is 1. The van der Waals surface area contributed by atoms with Crippen molar-refractivity contribution in [3.63, 3.8) is 0 Å². The molecule has 1 saturated heterocycles. The standard InChI is InChI=1S/C24H18ClF2NO3/c25-20-4-2-1-3-19(20)21-9-10-22(24(30)31)28(21)23(29)15-7-5-14(6-8-15)16-11-17(26)13-18(27)12-16/h1-8,11-13,21-22H,9-10H2,(H,30,31)/t21-,22+/m1/s1. The molecule has 0 bridgehead atoms. The van der Waals surface area contributed by atoms with E-state index in [1.165, 1.54) is 29.2 Å². The molecule has 0 spiro atoms. The van der Waals surface area contributed by atoms with Crippen LogP contribution in [0.5, 0.6) is 0 Å². The van der Waals surface area contributed by atoms with Crippen LogP contribution in [0.3, 0.4) is 0 Å². The molecular weight excluding hydrogens is 424 g/mol. The fraction of sp³-hybridized carbons (Fsp3) is 0.167. The summed E-state index contributed by atoms with van der Waals surface area (Å²) in [5.74, 6) is -2.90. The Kier molecular flexibility index (Phi) is 5.74. The largest absolute Gasteiger partial charge is 0.480 e. The average Bonchev–Trinajstić information content (AvgIpc) is 3.18. The third-order valence-corrected chi connectivity index (χ3v) is 5.84. The Bertz CT molecular complexity index is 1130. The molecule has 31 heavy (non-hydrogen) atoms. The summed E-state index contributed by atoms with van der Waals surface area (Å²) in [4.78, 5) is 26.5. The zero-order valence-electron chi connectivity index (χ0n) is 16.3. The minimum atomic E-state index is -1.07. The van der Waals surface area contributed by atoms with Gasteiger partial charge in [-0.25, -0.2) is 13.6 Å². The first-order valence-electron chi connectivity index (χ1n) is 9.71. The van der Waals surface area contributed by atoms with Crippen molar-refractivity contribution >= 4 is 23.5 Å². The SMILES string of the molecule is O=C(O)[C@@H]1CC[C@H](c2ccccc2Cl)N1C(=O)c1ccc(-c2cc(F)cc(F)c2)cc1. The molecule has 1 fully saturated rings. The van der Waals surface area contributed by atoms with Crippen LogP contribution in [0.4, 0.5) is 8.78 Å². The van der Waals surface area contributed by atoms with Crippen molar-refractivity contribution in [3.8, 4) is 11.1 Å². The Morgan fingerprint density at radius 1 is 0.903 bits per heavy atom. The topological polar surface area (TPSA) is 57.6 Å². The summed E-state index contributed by atoms with van der Waals surface area (Å²) < 4.78 is 27.0. The normalized spacial score (nSPS) is 18.2. The Labute approximate surface area is 182 Å². The lowest BCUT2D eigenvalue weighted by molar-refractivity contribution is -0.141. The van der Waals surface area contributed by atoms with Gasteiger partial charge in [0.15, 0.2) is 0 Å². The molecule has 1 aliphatic heterocycles. The third kappa shape index (κ3) is 4.16. The zero-order chi connectivity index (χ0) is 22.1. The second-order valence-electron chi connectivity index (χ2n) is 7.42. The van der Waals surface area contributed by atoms with Gasteiger partial charge < -0.3 is 10.0 Å². The highest BCUT2D eigenvalue weighted by Gasteiger charge is 2.42. The zero-order valence-corrected chi connectivity index (χ0v) is 17.0. The molecule has 0 aromatic heterocycles. The van der Waals surface area contributed by atoms with Crippen molar-refractivity contribution in [2.75, 3.05) is 0 Å². The monoisotopic (exact) mass is 441 g/mol. The van der Waals surface area contributed by atoms with Gasteiger partial charge in [-0.05, 0) is 59.9 Å². The predicted octanol–water partition coefficient (Wildman–Crippen LogP) is 5.72. The van der Waals surface area contributed by atoms with Crippen molar-refractivity contribution in [2.24, 2.45) is 0 Å². The number of benzene rings is 3. The minimum Gasteiger partial charge on any atom is -0.480 e. The lowest BCUT2D eigenvalue weighted by Crippen LogP contribution is -2.41. The molecule has 2 atom stereocenters. The number of carboxylic acids is 1. The molecule has 1 N–H and O–H groups in total. The molecule has 158 valence electrons. The maximum atomic E-state index is 13.5. The van der Waals surface area contributed by atoms with Gasteiger partial charge in [0.05, 0.1) is 6.04 Å². The van der Waals surface area contributed by atoms with Crippen LogP contribution in [0.1, 0.15) is 34.8 Å². The summed E-state index contributed by atoms with van der Waals surface area (Å²) in [6.45, 7) is 0. The van der Waals surface area contributed by atoms with Gasteiger partial charge in [0.1, 0.15) is 17.7 Å². The summed E-state index contributed by atoms with van der Waals surface area (Å²) in [5.41, 5.74) is 1.86. The van der Waals surface area contributed by atoms with E-state index in [-0.39, 0.29) is 5.56 Å². The Morgan fingerprint density at radius 3 is 2.16 bits per heavy atom. The van der Waals surface area contributed by atoms with E-state index in [4.69, 9.17) is 11.6 Å². The van der Waals surface area contributed by atoms with Crippen LogP contribution >= 0.6 is 11.6 Å². The van der Waals surface area contributed by atoms with Crippen LogP contribution in [0.25, 0.3) is 11.1 Å². The van der Waals surface area contributed by atoms with Gasteiger partial charge in [-0.3, -0.25) is 4.79 Å². The van der Waals surface area contributed by atoms with E-state index in [1.807, 2.05) is 0 Å². The average molecular weight is 442 g/mol. The van der Waals surface area contributed by atoms with E-state index in [0.717, 1.165) is 6.07 Å². The summed E-state index contributed by atoms with van der Waals surface area (Å²) in [5, 5.41) is 10.1. The molecule has 0 radical (unpaired) electrons. The Morgan fingerprint density at radius 2 is 1.55 bits per heavy atom. The highest BCUT2D eigenvalue weighted by atomic mass is 35.5. The van der Waals surface area contributed by atoms with Gasteiger partial charge in [0, 0.05) is 16.7 Å². The summed E-state index contributed by atoms with van der Waals surface area (Å²) in [7, 11) is 0. The minimum absolute atomic E-state index is 0.283. The summed E-state index contributed by atoms with van der Waals surface area (Å²) >= 11 is 6.32. The lowest BCUT2D eigenvalue weighted by atomic mass is 10.0. The van der Waals surface area contributed by atoms with Gasteiger partial charge in [-0.1, -0.05) is 41.9 Å². The number of hydrogen-bond acceptors (Lipinski definition) is 2. The summed E-state index contributed by atoms with van der Waals surface area (Å²) in [6.07, 6.45) is 0.796. The molecule has 4 rings (SSSR count). The number of nitrogens with zero attached hydrogens (tertiary/aromatic N) is 1. The van der Waals surface area contributed by atoms with Crippen LogP contribution in [0.15, 0.2) is 66.7 Å². The Balaban J connectivity index is 1.67. The maximum absolute atomic E-state index is 13.5. The van der Waals surface area contributed by atoms with Gasteiger partial charge in [0.25, 0.3) is 5.91 Å². The van der Waals surface area contributed by atoms with Crippen molar-refractivity contribution in [3.05, 3.63) is 94.5 Å². The van der Waals surface area contributed by atoms with Gasteiger partial charge in [-0.15, -0.1) is 0 Å². The lowest BCUT2D eigenvalue weighted by Gasteiger charge is -2.29. The molecule has 0 aliphatic carbocycles. The van der Waals surface area contributed by atoms with Gasteiger partial charge in [-0.2, -0.15) is 0 Å². The van der Waals surface area contributed by atoms with E-state index < -0.39 is 35.6 Å². The number of hydrogen-bond donors (Lipinski definition) is 1. The van der Waals surface area contributed by atoms with E-state index >= 15 is 0 Å². The number of aliphatic carboxylic acids is 1. The molecule has 3 aromatic rings. The number of carboxylic acid groups (broad SMARTS) is 1. The first-order chi connectivity index (χ1) is 14.8. The van der Waals surface area contributed by atoms with E-state index in [1.54, 1.807) is 36.4 Å². The molecule has 3 aromatic carbocycles. The van der Waals surface area contributed by atoms with E-state index in [9.17, 15) is 23.5 Å². The summed E-state index contributed by atoms with van der Waals surface area (Å²) in [6, 6.07) is 15.1. The number of carbonyl (C=O) groups excluding carboxylic acids is 1. The second kappa shape index (κ2) is 8.47. The van der Waals surface area contributed by atoms with E-state index in [0.29, 0.717) is 34.6 Å².